The molecule has 29 valence electrons. The molecule has 0 aromatic carbocycles. The third kappa shape index (κ3) is 18.6. The Morgan fingerprint density at radius 1 is 2.25 bits per heavy atom. The van der Waals surface area contributed by atoms with Crippen molar-refractivity contribution in [2.45, 2.75) is 0 Å². The molecule has 0 saturated heterocycles. The van der Waals surface area contributed by atoms with Gasteiger partial charge >= 0.3 is 20.4 Å². The molecule has 0 amide bonds. The van der Waals surface area contributed by atoms with E-state index < -0.39 is 0 Å². The van der Waals surface area contributed by atoms with Crippen molar-refractivity contribution in [3.63, 3.8) is 0 Å². The minimum absolute atomic E-state index is 0.500. The summed E-state index contributed by atoms with van der Waals surface area (Å²) in [5.41, 5.74) is 4.74. The van der Waals surface area contributed by atoms with E-state index in [0.717, 1.165) is 19.6 Å². The van der Waals surface area contributed by atoms with Crippen LogP contribution in [0.5, 0.6) is 0 Å². The van der Waals surface area contributed by atoms with Crippen LogP contribution >= 0.6 is 0 Å². The van der Waals surface area contributed by atoms with Crippen LogP contribution in [0.3, 0.4) is 0 Å². The van der Waals surface area contributed by atoms with E-state index >= 15 is 0 Å². The van der Waals surface area contributed by atoms with Crippen molar-refractivity contribution >= 4 is 0 Å². The van der Waals surface area contributed by atoms with Crippen LogP contribution in [0.25, 0.3) is 0 Å². The first kappa shape index (κ1) is 4.60. The second kappa shape index (κ2) is 9.51. The molecular formula is C2H7NOs-. The molecule has 0 aliphatic rings. The molecule has 2 heteroatoms. The Hall–Kier alpha value is 0.596. The maximum atomic E-state index is 5.78. The Bertz CT molecular complexity index is 9.61. The second-order valence-electron chi connectivity index (χ2n) is 0.289. The summed E-state index contributed by atoms with van der Waals surface area (Å²) >= 11 is 1.11. The van der Waals surface area contributed by atoms with Gasteiger partial charge in [0.25, 0.3) is 0 Å². The van der Waals surface area contributed by atoms with E-state index in [1.54, 1.807) is 0 Å². The monoisotopic (exact) mass is 239 g/mol. The zero-order chi connectivity index (χ0) is 4.71. The van der Waals surface area contributed by atoms with Gasteiger partial charge in [0.2, 0.25) is 0 Å². The van der Waals surface area contributed by atoms with Gasteiger partial charge < -0.3 is 12.7 Å². The molecule has 4 heavy (non-hydrogen) atoms. The summed E-state index contributed by atoms with van der Waals surface area (Å²) in [6, 6.07) is 0. The van der Waals surface area contributed by atoms with E-state index in [1.807, 2.05) is 0 Å². The molecule has 0 aromatic rings. The standard InChI is InChI=1S/C2H6N.Os.H/c1-2-3;;/h1-3H2;;/q-1;;/i;;1+2. The summed E-state index contributed by atoms with van der Waals surface area (Å²) < 4.78 is 5.78. The van der Waals surface area contributed by atoms with E-state index in [0.29, 0.717) is 6.54 Å². The normalized spacial score (nSPS) is 6.25. The van der Waals surface area contributed by atoms with Gasteiger partial charge in [-0.05, 0) is 0 Å². The predicted octanol–water partition coefficient (Wildman–Crippen LogP) is -0.491. The number of rotatable bonds is 0. The summed E-state index contributed by atoms with van der Waals surface area (Å²) in [7, 11) is 0. The zero-order valence-corrected chi connectivity index (χ0v) is 4.89. The number of hydrogen-bond donors (Lipinski definition) is 1. The Balaban J connectivity index is 0. The molecule has 0 atom stereocenters. The summed E-state index contributed by atoms with van der Waals surface area (Å²) in [6.07, 6.45) is 0. The van der Waals surface area contributed by atoms with Crippen LogP contribution < -0.4 is 5.73 Å². The molecule has 0 aliphatic heterocycles. The Labute approximate surface area is 40.3 Å². The van der Waals surface area contributed by atoms with E-state index in [-0.39, 0.29) is 0 Å². The van der Waals surface area contributed by atoms with Crippen LogP contribution in [0.15, 0.2) is 0 Å². The van der Waals surface area contributed by atoms with Crippen molar-refractivity contribution in [2.24, 2.45) is 5.73 Å². The summed E-state index contributed by atoms with van der Waals surface area (Å²) in [5.74, 6) is 0. The molecule has 0 saturated carbocycles. The quantitative estimate of drug-likeness (QED) is 0.565. The molecule has 0 fully saturated rings. The molecule has 0 aromatic heterocycles. The van der Waals surface area contributed by atoms with E-state index in [1.165, 1.54) is 0 Å². The largest absolute Gasteiger partial charge is 0.360 e. The molecule has 0 aliphatic carbocycles. The molecule has 2 N–H and O–H groups in total. The van der Waals surface area contributed by atoms with Gasteiger partial charge in [-0.25, -0.2) is 0 Å². The molecule has 0 unspecified atom stereocenters. The topological polar surface area (TPSA) is 26.0 Å². The predicted molar refractivity (Wildman–Crippen MR) is 15.8 cm³/mol. The summed E-state index contributed by atoms with van der Waals surface area (Å²) in [6.45, 7) is 3.76. The summed E-state index contributed by atoms with van der Waals surface area (Å²) in [4.78, 5) is 0. The van der Waals surface area contributed by atoms with Gasteiger partial charge in [0.1, 0.15) is 0 Å². The van der Waals surface area contributed by atoms with Gasteiger partial charge in [-0.1, -0.05) is 0 Å². The van der Waals surface area contributed by atoms with Gasteiger partial charge in [0.15, 0.2) is 0 Å². The fourth-order valence-electron chi connectivity index (χ4n) is 0. The SMILES string of the molecule is [3H][Os].[CH2-]CN. The van der Waals surface area contributed by atoms with E-state index in [4.69, 9.17) is 6.55 Å². The number of nitrogens with two attached hydrogens (primary N) is 1. The third-order valence-electron chi connectivity index (χ3n) is 0. The van der Waals surface area contributed by atoms with Gasteiger partial charge in [-0.3, -0.25) is 0 Å². The molecule has 1 nitrogen and oxygen atoms in total. The van der Waals surface area contributed by atoms with Gasteiger partial charge in [0, 0.05) is 0 Å². The molecule has 0 spiro atoms. The van der Waals surface area contributed by atoms with Crippen LogP contribution in [0.4, 0.5) is 0 Å². The molecule has 0 rings (SSSR count). The zero-order valence-electron chi connectivity index (χ0n) is 3.35. The first-order chi connectivity index (χ1) is 2.41. The molecule has 0 radical (unpaired) electrons. The molecular weight excluding hydrogens is 228 g/mol. The average molecular weight is 237 g/mol. The Morgan fingerprint density at radius 2 is 2.25 bits per heavy atom. The van der Waals surface area contributed by atoms with Crippen molar-refractivity contribution in [3.05, 3.63) is 6.92 Å². The van der Waals surface area contributed by atoms with Crippen LogP contribution in [0, 0.1) is 6.92 Å². The van der Waals surface area contributed by atoms with Gasteiger partial charge in [0.05, 0.1) is 0 Å². The first-order valence-electron chi connectivity index (χ1n) is 1.26. The van der Waals surface area contributed by atoms with Crippen LogP contribution in [-0.2, 0) is 19.6 Å². The fraction of sp³-hybridized carbons (Fsp3) is 0.500. The van der Waals surface area contributed by atoms with Crippen molar-refractivity contribution in [2.75, 3.05) is 6.54 Å². The Kier molecular flexibility index (Phi) is 10.9. The van der Waals surface area contributed by atoms with Crippen molar-refractivity contribution in [3.8, 4) is 0 Å². The van der Waals surface area contributed by atoms with Gasteiger partial charge in [-0.2, -0.15) is 0 Å². The minimum atomic E-state index is 0.500. The first-order valence-corrected chi connectivity index (χ1v) is 0.908. The van der Waals surface area contributed by atoms with Crippen LogP contribution in [0.1, 0.15) is 0 Å². The van der Waals surface area contributed by atoms with Crippen LogP contribution in [-0.4, -0.2) is 7.36 Å². The van der Waals surface area contributed by atoms with Crippen LogP contribution in [0.2, 0.25) is 0 Å². The van der Waals surface area contributed by atoms with E-state index in [2.05, 4.69) is 6.92 Å². The maximum Gasteiger partial charge on any atom is -0.135 e. The third-order valence-corrected chi connectivity index (χ3v) is 0. The van der Waals surface area contributed by atoms with Gasteiger partial charge in [-0.15, -0.1) is 6.54 Å². The average Bonchev–Trinajstić information content (AvgIpc) is 1.46. The fourth-order valence-corrected chi connectivity index (χ4v) is 0. The van der Waals surface area contributed by atoms with Crippen molar-refractivity contribution in [1.82, 2.24) is 0 Å². The smallest absolute Gasteiger partial charge is 0.135 e. The molecule has 0 heterocycles. The van der Waals surface area contributed by atoms with E-state index in [9.17, 15) is 0 Å². The van der Waals surface area contributed by atoms with Crippen molar-refractivity contribution < 1.29 is 19.6 Å². The second-order valence-corrected chi connectivity index (χ2v) is 0.289. The van der Waals surface area contributed by atoms with Crippen molar-refractivity contribution in [1.29, 1.82) is 0.816 Å². The molecule has 0 bridgehead atoms. The maximum absolute atomic E-state index is 5.78. The minimum Gasteiger partial charge on any atom is -0.360 e. The summed E-state index contributed by atoms with van der Waals surface area (Å²) in [5, 5.41) is 0. The number of hydrogen-bond acceptors (Lipinski definition) is 1. The Morgan fingerprint density at radius 3 is 2.25 bits per heavy atom.